The van der Waals surface area contributed by atoms with Gasteiger partial charge < -0.3 is 19.2 Å². The number of esters is 1. The SMILES string of the molecule is COC(=O)[C@H](NC(=O)OCc1ccccc1)[C@@H](C)O[Si](C)(C)C(C)(C)C. The molecule has 1 aromatic carbocycles. The highest BCUT2D eigenvalue weighted by Gasteiger charge is 2.41. The van der Waals surface area contributed by atoms with E-state index in [1.165, 1.54) is 7.11 Å². The summed E-state index contributed by atoms with van der Waals surface area (Å²) in [5, 5.41) is 2.56. The summed E-state index contributed by atoms with van der Waals surface area (Å²) in [5.41, 5.74) is 0.864. The molecule has 0 bridgehead atoms. The second-order valence-corrected chi connectivity index (χ2v) is 12.5. The topological polar surface area (TPSA) is 73.9 Å². The first-order chi connectivity index (χ1) is 12.0. The molecule has 0 radical (unpaired) electrons. The number of hydrogen-bond donors (Lipinski definition) is 1. The van der Waals surface area contributed by atoms with Crippen molar-refractivity contribution < 1.29 is 23.5 Å². The normalized spacial score (nSPS) is 14.3. The van der Waals surface area contributed by atoms with Crippen LogP contribution in [0.5, 0.6) is 0 Å². The molecule has 0 aromatic heterocycles. The van der Waals surface area contributed by atoms with Crippen molar-refractivity contribution in [1.82, 2.24) is 5.32 Å². The molecule has 0 spiro atoms. The third-order valence-electron chi connectivity index (χ3n) is 4.70. The van der Waals surface area contributed by atoms with Crippen LogP contribution in [0.25, 0.3) is 0 Å². The molecule has 0 unspecified atom stereocenters. The van der Waals surface area contributed by atoms with E-state index in [1.54, 1.807) is 6.92 Å². The molecule has 1 aromatic rings. The van der Waals surface area contributed by atoms with Crippen molar-refractivity contribution in [2.45, 2.75) is 64.6 Å². The zero-order chi connectivity index (χ0) is 20.0. The largest absolute Gasteiger partial charge is 0.467 e. The fourth-order valence-electron chi connectivity index (χ4n) is 2.10. The molecular formula is C19H31NO5Si. The van der Waals surface area contributed by atoms with Crippen LogP contribution in [-0.4, -0.2) is 39.6 Å². The van der Waals surface area contributed by atoms with E-state index in [0.717, 1.165) is 5.56 Å². The molecule has 7 heteroatoms. The third kappa shape index (κ3) is 6.46. The van der Waals surface area contributed by atoms with Crippen molar-refractivity contribution in [2.24, 2.45) is 0 Å². The van der Waals surface area contributed by atoms with Gasteiger partial charge in [0, 0.05) is 0 Å². The molecule has 0 saturated carbocycles. The van der Waals surface area contributed by atoms with E-state index in [0.29, 0.717) is 0 Å². The maximum Gasteiger partial charge on any atom is 0.408 e. The van der Waals surface area contributed by atoms with Crippen LogP contribution in [0.4, 0.5) is 4.79 Å². The Hall–Kier alpha value is -1.86. The van der Waals surface area contributed by atoms with Gasteiger partial charge in [-0.05, 0) is 30.6 Å². The minimum Gasteiger partial charge on any atom is -0.467 e. The van der Waals surface area contributed by atoms with Crippen LogP contribution in [0.2, 0.25) is 18.1 Å². The van der Waals surface area contributed by atoms with Gasteiger partial charge in [0.2, 0.25) is 0 Å². The molecule has 0 aliphatic rings. The Morgan fingerprint density at radius 1 is 1.15 bits per heavy atom. The average molecular weight is 382 g/mol. The molecule has 1 amide bonds. The monoisotopic (exact) mass is 381 g/mol. The fourth-order valence-corrected chi connectivity index (χ4v) is 3.52. The van der Waals surface area contributed by atoms with Gasteiger partial charge in [-0.25, -0.2) is 9.59 Å². The van der Waals surface area contributed by atoms with Crippen molar-refractivity contribution in [3.63, 3.8) is 0 Å². The Labute approximate surface area is 157 Å². The first kappa shape index (κ1) is 22.2. The second kappa shape index (κ2) is 9.18. The van der Waals surface area contributed by atoms with Crippen LogP contribution in [0, 0.1) is 0 Å². The van der Waals surface area contributed by atoms with Gasteiger partial charge in [0.1, 0.15) is 6.61 Å². The van der Waals surface area contributed by atoms with E-state index in [9.17, 15) is 9.59 Å². The molecule has 0 aliphatic carbocycles. The van der Waals surface area contributed by atoms with Crippen molar-refractivity contribution in [2.75, 3.05) is 7.11 Å². The zero-order valence-electron chi connectivity index (χ0n) is 16.8. The number of ether oxygens (including phenoxy) is 2. The molecular weight excluding hydrogens is 350 g/mol. The van der Waals surface area contributed by atoms with Gasteiger partial charge in [-0.2, -0.15) is 0 Å². The van der Waals surface area contributed by atoms with Gasteiger partial charge in [0.05, 0.1) is 13.2 Å². The lowest BCUT2D eigenvalue weighted by Crippen LogP contribution is -2.54. The molecule has 0 saturated heterocycles. The van der Waals surface area contributed by atoms with E-state index in [-0.39, 0.29) is 11.6 Å². The van der Waals surface area contributed by atoms with E-state index in [1.807, 2.05) is 30.3 Å². The minimum absolute atomic E-state index is 0.0181. The molecule has 6 nitrogen and oxygen atoms in total. The number of amides is 1. The Morgan fingerprint density at radius 2 is 1.73 bits per heavy atom. The van der Waals surface area contributed by atoms with Crippen LogP contribution in [0.3, 0.4) is 0 Å². The molecule has 1 N–H and O–H groups in total. The summed E-state index contributed by atoms with van der Waals surface area (Å²) in [6.07, 6.45) is -1.22. The number of nitrogens with one attached hydrogen (secondary N) is 1. The minimum atomic E-state index is -2.11. The van der Waals surface area contributed by atoms with Crippen molar-refractivity contribution in [3.8, 4) is 0 Å². The van der Waals surface area contributed by atoms with E-state index in [2.05, 4.69) is 39.2 Å². The van der Waals surface area contributed by atoms with Crippen LogP contribution >= 0.6 is 0 Å². The Kier molecular flexibility index (Phi) is 7.83. The number of carbonyl (C=O) groups is 2. The Balaban J connectivity index is 2.74. The first-order valence-electron chi connectivity index (χ1n) is 8.71. The van der Waals surface area contributed by atoms with Gasteiger partial charge in [-0.3, -0.25) is 0 Å². The lowest BCUT2D eigenvalue weighted by atomic mass is 10.2. The van der Waals surface area contributed by atoms with Crippen LogP contribution < -0.4 is 5.32 Å². The summed E-state index contributed by atoms with van der Waals surface area (Å²) in [4.78, 5) is 24.3. The van der Waals surface area contributed by atoms with Crippen LogP contribution in [0.15, 0.2) is 30.3 Å². The quantitative estimate of drug-likeness (QED) is 0.573. The van der Waals surface area contributed by atoms with E-state index >= 15 is 0 Å². The number of hydrogen-bond acceptors (Lipinski definition) is 5. The van der Waals surface area contributed by atoms with E-state index < -0.39 is 32.5 Å². The van der Waals surface area contributed by atoms with Gasteiger partial charge in [0.25, 0.3) is 0 Å². The van der Waals surface area contributed by atoms with E-state index in [4.69, 9.17) is 13.9 Å². The van der Waals surface area contributed by atoms with Gasteiger partial charge in [-0.1, -0.05) is 51.1 Å². The standard InChI is InChI=1S/C19H31NO5Si/c1-14(25-26(6,7)19(2,3)4)16(17(21)23-5)20-18(22)24-13-15-11-9-8-10-12-15/h8-12,14,16H,13H2,1-7H3,(H,20,22)/t14-,16-/m1/s1. The molecule has 146 valence electrons. The maximum atomic E-state index is 12.1. The van der Waals surface area contributed by atoms with Crippen molar-refractivity contribution in [3.05, 3.63) is 35.9 Å². The van der Waals surface area contributed by atoms with Gasteiger partial charge >= 0.3 is 12.1 Å². The molecule has 0 fully saturated rings. The average Bonchev–Trinajstić information content (AvgIpc) is 2.56. The first-order valence-corrected chi connectivity index (χ1v) is 11.6. The zero-order valence-corrected chi connectivity index (χ0v) is 17.8. The van der Waals surface area contributed by atoms with Crippen molar-refractivity contribution >= 4 is 20.4 Å². The second-order valence-electron chi connectivity index (χ2n) is 7.79. The highest BCUT2D eigenvalue weighted by molar-refractivity contribution is 6.74. The van der Waals surface area contributed by atoms with Gasteiger partial charge in [0.15, 0.2) is 14.4 Å². The number of benzene rings is 1. The summed E-state index contributed by atoms with van der Waals surface area (Å²) < 4.78 is 16.2. The third-order valence-corrected chi connectivity index (χ3v) is 9.27. The highest BCUT2D eigenvalue weighted by atomic mass is 28.4. The summed E-state index contributed by atoms with van der Waals surface area (Å²) >= 11 is 0. The maximum absolute atomic E-state index is 12.1. The molecule has 0 heterocycles. The Morgan fingerprint density at radius 3 is 2.23 bits per heavy atom. The summed E-state index contributed by atoms with van der Waals surface area (Å²) in [7, 11) is -0.828. The predicted octanol–water partition coefficient (Wildman–Crippen LogP) is 3.86. The molecule has 0 aliphatic heterocycles. The number of alkyl carbamates (subject to hydrolysis) is 1. The Bertz CT molecular complexity index is 598. The molecule has 1 rings (SSSR count). The summed E-state index contributed by atoms with van der Waals surface area (Å²) in [5.74, 6) is -0.562. The number of carbonyl (C=O) groups excluding carboxylic acids is 2. The van der Waals surface area contributed by atoms with Gasteiger partial charge in [-0.15, -0.1) is 0 Å². The lowest BCUT2D eigenvalue weighted by Gasteiger charge is -2.39. The number of methoxy groups -OCH3 is 1. The summed E-state index contributed by atoms with van der Waals surface area (Å²) in [6, 6.07) is 8.39. The highest BCUT2D eigenvalue weighted by Crippen LogP contribution is 2.37. The van der Waals surface area contributed by atoms with Crippen molar-refractivity contribution in [1.29, 1.82) is 0 Å². The smallest absolute Gasteiger partial charge is 0.408 e. The predicted molar refractivity (Wildman–Crippen MR) is 103 cm³/mol. The number of rotatable bonds is 7. The summed E-state index contributed by atoms with van der Waals surface area (Å²) in [6.45, 7) is 12.4. The van der Waals surface area contributed by atoms with Crippen LogP contribution in [0.1, 0.15) is 33.3 Å². The molecule has 26 heavy (non-hydrogen) atoms. The molecule has 2 atom stereocenters. The fraction of sp³-hybridized carbons (Fsp3) is 0.579. The van der Waals surface area contributed by atoms with Crippen LogP contribution in [-0.2, 0) is 25.3 Å². The lowest BCUT2D eigenvalue weighted by molar-refractivity contribution is -0.145.